The molecule has 0 N–H and O–H groups in total. The number of carbonyl (C=O) groups excluding carboxylic acids is 1. The first kappa shape index (κ1) is 22.1. The van der Waals surface area contributed by atoms with Crippen molar-refractivity contribution in [3.05, 3.63) is 102 Å². The van der Waals surface area contributed by atoms with Gasteiger partial charge in [-0.1, -0.05) is 72.8 Å². The summed E-state index contributed by atoms with van der Waals surface area (Å²) in [5.74, 6) is -0.177. The average Bonchev–Trinajstić information content (AvgIpc) is 3.44. The maximum atomic E-state index is 13.2. The van der Waals surface area contributed by atoms with E-state index in [0.717, 1.165) is 33.6 Å². The van der Waals surface area contributed by atoms with Gasteiger partial charge >= 0.3 is 0 Å². The van der Waals surface area contributed by atoms with Crippen LogP contribution in [0.2, 0.25) is 0 Å². The number of nitriles is 1. The number of aromatic nitrogens is 2. The lowest BCUT2D eigenvalue weighted by atomic mass is 10.0. The van der Waals surface area contributed by atoms with Gasteiger partial charge in [0.1, 0.15) is 0 Å². The molecule has 0 saturated carbocycles. The fraction of sp³-hybridized carbons (Fsp3) is 0.103. The zero-order valence-corrected chi connectivity index (χ0v) is 19.3. The molecule has 1 aliphatic heterocycles. The predicted molar refractivity (Wildman–Crippen MR) is 138 cm³/mol. The van der Waals surface area contributed by atoms with Crippen molar-refractivity contribution < 1.29 is 4.79 Å². The first-order chi connectivity index (χ1) is 17.1. The van der Waals surface area contributed by atoms with Crippen LogP contribution in [0, 0.1) is 11.3 Å². The Balaban J connectivity index is 1.51. The largest absolute Gasteiger partial charge is 0.280 e. The van der Waals surface area contributed by atoms with Crippen molar-refractivity contribution in [2.45, 2.75) is 19.9 Å². The number of anilines is 1. The fourth-order valence-electron chi connectivity index (χ4n) is 4.08. The topological polar surface area (TPSA) is 74.3 Å². The highest BCUT2D eigenvalue weighted by Gasteiger charge is 2.29. The molecule has 0 unspecified atom stereocenters. The van der Waals surface area contributed by atoms with Gasteiger partial charge in [-0.15, -0.1) is 0 Å². The van der Waals surface area contributed by atoms with E-state index < -0.39 is 0 Å². The van der Waals surface area contributed by atoms with E-state index in [1.807, 2.05) is 79.9 Å². The lowest BCUT2D eigenvalue weighted by molar-refractivity contribution is -0.114. The van der Waals surface area contributed by atoms with E-state index in [9.17, 15) is 4.79 Å². The van der Waals surface area contributed by atoms with Crippen molar-refractivity contribution in [2.24, 2.45) is 5.10 Å². The van der Waals surface area contributed by atoms with E-state index in [-0.39, 0.29) is 5.91 Å². The summed E-state index contributed by atoms with van der Waals surface area (Å²) in [6.07, 6.45) is 4.09. The van der Waals surface area contributed by atoms with Crippen LogP contribution < -0.4 is 5.01 Å². The van der Waals surface area contributed by atoms with E-state index in [2.05, 4.69) is 35.4 Å². The number of para-hydroxylation sites is 1. The lowest BCUT2D eigenvalue weighted by Gasteiger charge is -2.11. The first-order valence-electron chi connectivity index (χ1n) is 11.4. The van der Waals surface area contributed by atoms with Crippen LogP contribution in [0.25, 0.3) is 28.5 Å². The van der Waals surface area contributed by atoms with E-state index in [4.69, 9.17) is 10.4 Å². The van der Waals surface area contributed by atoms with Gasteiger partial charge in [0, 0.05) is 17.3 Å². The Morgan fingerprint density at radius 2 is 1.51 bits per heavy atom. The third kappa shape index (κ3) is 4.53. The smallest absolute Gasteiger partial charge is 0.270 e. The van der Waals surface area contributed by atoms with E-state index in [0.29, 0.717) is 24.3 Å². The number of aryl methyl sites for hydroxylation is 1. The summed E-state index contributed by atoms with van der Waals surface area (Å²) in [6, 6.07) is 30.0. The van der Waals surface area contributed by atoms with Crippen LogP contribution in [0.5, 0.6) is 0 Å². The van der Waals surface area contributed by atoms with Gasteiger partial charge in [0.25, 0.3) is 5.91 Å². The molecule has 0 bridgehead atoms. The summed E-state index contributed by atoms with van der Waals surface area (Å²) in [6.45, 7) is 2.31. The summed E-state index contributed by atoms with van der Waals surface area (Å²) in [5, 5.41) is 19.7. The number of amides is 1. The minimum atomic E-state index is -0.177. The van der Waals surface area contributed by atoms with Gasteiger partial charge in [-0.2, -0.15) is 20.5 Å². The predicted octanol–water partition coefficient (Wildman–Crippen LogP) is 5.94. The second-order valence-electron chi connectivity index (χ2n) is 8.24. The molecule has 4 aromatic rings. The lowest BCUT2D eigenvalue weighted by Crippen LogP contribution is -2.21. The molecular weight excluding hydrogens is 434 g/mol. The van der Waals surface area contributed by atoms with Gasteiger partial charge in [-0.05, 0) is 36.3 Å². The van der Waals surface area contributed by atoms with Crippen molar-refractivity contribution in [3.8, 4) is 28.5 Å². The highest BCUT2D eigenvalue weighted by atomic mass is 16.2. The van der Waals surface area contributed by atoms with Gasteiger partial charge in [0.2, 0.25) is 0 Å². The monoisotopic (exact) mass is 457 g/mol. The Morgan fingerprint density at radius 1 is 0.886 bits per heavy atom. The highest BCUT2D eigenvalue weighted by molar-refractivity contribution is 6.32. The number of hydrogen-bond acceptors (Lipinski definition) is 4. The Labute approximate surface area is 204 Å². The van der Waals surface area contributed by atoms with Crippen molar-refractivity contribution in [1.82, 2.24) is 9.78 Å². The zero-order chi connectivity index (χ0) is 24.2. The number of rotatable bonds is 6. The standard InChI is InChI=1S/C29H23N5O/c1-21-27(29(35)34(31-21)26-11-6-3-7-12-26)19-25-20-33(18-8-17-30)32-28(25)24-15-13-23(14-16-24)22-9-4-2-5-10-22/h2-7,9-16,19-20H,8,18H2,1H3/b27-19-. The van der Waals surface area contributed by atoms with Crippen LogP contribution in [0.15, 0.2) is 102 Å². The van der Waals surface area contributed by atoms with Crippen LogP contribution in [0.4, 0.5) is 5.69 Å². The summed E-state index contributed by atoms with van der Waals surface area (Å²) in [5.41, 5.74) is 6.66. The Morgan fingerprint density at radius 3 is 2.20 bits per heavy atom. The normalized spacial score (nSPS) is 14.3. The molecule has 1 aromatic heterocycles. The maximum Gasteiger partial charge on any atom is 0.280 e. The Hall–Kier alpha value is -4.76. The number of carbonyl (C=O) groups is 1. The van der Waals surface area contributed by atoms with E-state index in [1.54, 1.807) is 4.68 Å². The van der Waals surface area contributed by atoms with Crippen LogP contribution in [0.3, 0.4) is 0 Å². The molecule has 0 aliphatic carbocycles. The SMILES string of the molecule is CC1=NN(c2ccccc2)C(=O)/C1=C\c1cn(CCC#N)nc1-c1ccc(-c2ccccc2)cc1. The van der Waals surface area contributed by atoms with Gasteiger partial charge in [0.15, 0.2) is 0 Å². The molecule has 0 fully saturated rings. The average molecular weight is 458 g/mol. The molecule has 0 saturated heterocycles. The molecule has 1 amide bonds. The number of nitrogens with zero attached hydrogens (tertiary/aromatic N) is 5. The Kier molecular flexibility index (Phi) is 6.06. The quantitative estimate of drug-likeness (QED) is 0.337. The molecule has 0 spiro atoms. The molecule has 0 radical (unpaired) electrons. The number of benzene rings is 3. The van der Waals surface area contributed by atoms with Crippen molar-refractivity contribution in [1.29, 1.82) is 5.26 Å². The molecule has 35 heavy (non-hydrogen) atoms. The molecule has 6 nitrogen and oxygen atoms in total. The third-order valence-corrected chi connectivity index (χ3v) is 5.87. The Bertz CT molecular complexity index is 1460. The minimum absolute atomic E-state index is 0.177. The molecule has 170 valence electrons. The van der Waals surface area contributed by atoms with Crippen molar-refractivity contribution in [3.63, 3.8) is 0 Å². The maximum absolute atomic E-state index is 13.2. The summed E-state index contributed by atoms with van der Waals surface area (Å²) in [4.78, 5) is 13.2. The van der Waals surface area contributed by atoms with Crippen LogP contribution in [-0.4, -0.2) is 21.4 Å². The number of hydrazone groups is 1. The third-order valence-electron chi connectivity index (χ3n) is 5.87. The number of hydrogen-bond donors (Lipinski definition) is 0. The van der Waals surface area contributed by atoms with Crippen LogP contribution in [0.1, 0.15) is 18.9 Å². The van der Waals surface area contributed by atoms with Gasteiger partial charge in [-0.3, -0.25) is 9.48 Å². The molecule has 6 heteroatoms. The molecule has 0 atom stereocenters. The molecular formula is C29H23N5O. The van der Waals surface area contributed by atoms with Crippen LogP contribution >= 0.6 is 0 Å². The highest BCUT2D eigenvalue weighted by Crippen LogP contribution is 2.30. The molecule has 1 aliphatic rings. The summed E-state index contributed by atoms with van der Waals surface area (Å²) >= 11 is 0. The summed E-state index contributed by atoms with van der Waals surface area (Å²) < 4.78 is 1.76. The van der Waals surface area contributed by atoms with E-state index >= 15 is 0 Å². The first-order valence-corrected chi connectivity index (χ1v) is 11.4. The minimum Gasteiger partial charge on any atom is -0.270 e. The zero-order valence-electron chi connectivity index (χ0n) is 19.3. The second-order valence-corrected chi connectivity index (χ2v) is 8.24. The van der Waals surface area contributed by atoms with Crippen molar-refractivity contribution in [2.75, 3.05) is 5.01 Å². The van der Waals surface area contributed by atoms with E-state index in [1.165, 1.54) is 5.01 Å². The van der Waals surface area contributed by atoms with Gasteiger partial charge in [-0.25, -0.2) is 0 Å². The van der Waals surface area contributed by atoms with Crippen LogP contribution in [-0.2, 0) is 11.3 Å². The summed E-state index contributed by atoms with van der Waals surface area (Å²) in [7, 11) is 0. The van der Waals surface area contributed by atoms with Crippen molar-refractivity contribution >= 4 is 23.4 Å². The molecule has 2 heterocycles. The second kappa shape index (κ2) is 9.62. The fourth-order valence-corrected chi connectivity index (χ4v) is 4.08. The molecule has 3 aromatic carbocycles. The molecule has 5 rings (SSSR count). The van der Waals surface area contributed by atoms with Gasteiger partial charge in [0.05, 0.1) is 41.7 Å². The van der Waals surface area contributed by atoms with Gasteiger partial charge < -0.3 is 0 Å².